The predicted molar refractivity (Wildman–Crippen MR) is 78.1 cm³/mol. The summed E-state index contributed by atoms with van der Waals surface area (Å²) in [4.78, 5) is 4.39. The van der Waals surface area contributed by atoms with Crippen LogP contribution in [0.15, 0.2) is 54.7 Å². The van der Waals surface area contributed by atoms with Gasteiger partial charge in [-0.05, 0) is 29.7 Å². The zero-order chi connectivity index (χ0) is 13.2. The van der Waals surface area contributed by atoms with Gasteiger partial charge in [0.15, 0.2) is 0 Å². The van der Waals surface area contributed by atoms with Crippen molar-refractivity contribution in [1.29, 1.82) is 0 Å². The second kappa shape index (κ2) is 4.61. The minimum Gasteiger partial charge on any atom is -0.496 e. The van der Waals surface area contributed by atoms with Gasteiger partial charge in [-0.2, -0.15) is 0 Å². The average Bonchev–Trinajstić information content (AvgIpc) is 2.47. The molecule has 2 aromatic carbocycles. The van der Waals surface area contributed by atoms with E-state index in [1.807, 2.05) is 42.5 Å². The van der Waals surface area contributed by atoms with E-state index in [0.717, 1.165) is 27.8 Å². The molecule has 0 aliphatic carbocycles. The molecule has 2 N–H and O–H groups in total. The molecule has 19 heavy (non-hydrogen) atoms. The summed E-state index contributed by atoms with van der Waals surface area (Å²) in [5.41, 5.74) is 8.53. The quantitative estimate of drug-likeness (QED) is 0.757. The van der Waals surface area contributed by atoms with Gasteiger partial charge in [0, 0.05) is 17.1 Å². The fraction of sp³-hybridized carbons (Fsp3) is 0.0625. The molecule has 0 saturated heterocycles. The van der Waals surface area contributed by atoms with Crippen LogP contribution in [0.1, 0.15) is 0 Å². The lowest BCUT2D eigenvalue weighted by atomic mass is 10.00. The van der Waals surface area contributed by atoms with E-state index >= 15 is 0 Å². The zero-order valence-electron chi connectivity index (χ0n) is 10.6. The van der Waals surface area contributed by atoms with E-state index in [2.05, 4.69) is 11.1 Å². The van der Waals surface area contributed by atoms with Gasteiger partial charge in [-0.3, -0.25) is 4.98 Å². The number of nitrogen functional groups attached to an aromatic ring is 1. The monoisotopic (exact) mass is 250 g/mol. The molecule has 0 aliphatic rings. The van der Waals surface area contributed by atoms with Crippen molar-refractivity contribution in [3.63, 3.8) is 0 Å². The van der Waals surface area contributed by atoms with Crippen molar-refractivity contribution in [2.45, 2.75) is 0 Å². The third-order valence-electron chi connectivity index (χ3n) is 3.20. The maximum Gasteiger partial charge on any atom is 0.126 e. The van der Waals surface area contributed by atoms with Crippen molar-refractivity contribution >= 4 is 16.5 Å². The zero-order valence-corrected chi connectivity index (χ0v) is 10.6. The number of anilines is 1. The highest BCUT2D eigenvalue weighted by Crippen LogP contribution is 2.35. The molecular formula is C16H14N2O. The maximum atomic E-state index is 6.02. The second-order valence-corrected chi connectivity index (χ2v) is 4.30. The molecule has 3 nitrogen and oxygen atoms in total. The maximum absolute atomic E-state index is 6.02. The molecular weight excluding hydrogens is 236 g/mol. The Labute approximate surface area is 111 Å². The lowest BCUT2D eigenvalue weighted by Crippen LogP contribution is -1.94. The molecule has 3 rings (SSSR count). The van der Waals surface area contributed by atoms with Crippen LogP contribution in [0, 0.1) is 0 Å². The van der Waals surface area contributed by atoms with E-state index in [1.54, 1.807) is 13.3 Å². The first kappa shape index (κ1) is 11.5. The molecule has 0 saturated carbocycles. The molecule has 0 bridgehead atoms. The minimum absolute atomic E-state index is 0.679. The summed E-state index contributed by atoms with van der Waals surface area (Å²) in [5.74, 6) is 0.855. The summed E-state index contributed by atoms with van der Waals surface area (Å²) in [6.45, 7) is 0. The number of methoxy groups -OCH3 is 1. The van der Waals surface area contributed by atoms with Crippen molar-refractivity contribution in [2.75, 3.05) is 12.8 Å². The molecule has 0 fully saturated rings. The number of hydrogen-bond donors (Lipinski definition) is 1. The fourth-order valence-electron chi connectivity index (χ4n) is 2.30. The van der Waals surface area contributed by atoms with Crippen molar-refractivity contribution in [2.24, 2.45) is 0 Å². The van der Waals surface area contributed by atoms with E-state index in [9.17, 15) is 0 Å². The van der Waals surface area contributed by atoms with E-state index < -0.39 is 0 Å². The molecule has 0 amide bonds. The molecule has 3 aromatic rings. The van der Waals surface area contributed by atoms with Gasteiger partial charge in [0.1, 0.15) is 5.75 Å². The summed E-state index contributed by atoms with van der Waals surface area (Å²) >= 11 is 0. The number of nitrogens with zero attached hydrogens (tertiary/aromatic N) is 1. The number of rotatable bonds is 2. The van der Waals surface area contributed by atoms with Crippen LogP contribution < -0.4 is 10.5 Å². The molecule has 0 atom stereocenters. The number of aromatic nitrogens is 1. The minimum atomic E-state index is 0.679. The Morgan fingerprint density at radius 3 is 2.47 bits per heavy atom. The Kier molecular flexibility index (Phi) is 2.80. The van der Waals surface area contributed by atoms with Crippen LogP contribution in [0.3, 0.4) is 0 Å². The summed E-state index contributed by atoms with van der Waals surface area (Å²) in [6.07, 6.45) is 1.75. The second-order valence-electron chi connectivity index (χ2n) is 4.30. The van der Waals surface area contributed by atoms with Gasteiger partial charge in [0.2, 0.25) is 0 Å². The number of pyridine rings is 1. The first-order valence-corrected chi connectivity index (χ1v) is 6.08. The van der Waals surface area contributed by atoms with Crippen molar-refractivity contribution in [3.8, 4) is 17.0 Å². The molecule has 1 aromatic heterocycles. The van der Waals surface area contributed by atoms with E-state index in [-0.39, 0.29) is 0 Å². The van der Waals surface area contributed by atoms with Crippen LogP contribution in [-0.2, 0) is 0 Å². The van der Waals surface area contributed by atoms with Crippen LogP contribution in [-0.4, -0.2) is 12.1 Å². The van der Waals surface area contributed by atoms with Gasteiger partial charge in [0.25, 0.3) is 0 Å². The molecule has 1 heterocycles. The molecule has 0 aliphatic heterocycles. The van der Waals surface area contributed by atoms with Crippen molar-refractivity contribution in [1.82, 2.24) is 4.98 Å². The lowest BCUT2D eigenvalue weighted by Gasteiger charge is -2.11. The average molecular weight is 250 g/mol. The van der Waals surface area contributed by atoms with Gasteiger partial charge < -0.3 is 10.5 Å². The van der Waals surface area contributed by atoms with Crippen LogP contribution in [0.25, 0.3) is 22.0 Å². The van der Waals surface area contributed by atoms with Crippen molar-refractivity contribution < 1.29 is 4.74 Å². The van der Waals surface area contributed by atoms with E-state index in [1.165, 1.54) is 0 Å². The first-order chi connectivity index (χ1) is 9.31. The Bertz CT molecular complexity index is 738. The largest absolute Gasteiger partial charge is 0.496 e. The van der Waals surface area contributed by atoms with E-state index in [4.69, 9.17) is 10.5 Å². The highest BCUT2D eigenvalue weighted by molar-refractivity contribution is 6.01. The van der Waals surface area contributed by atoms with Gasteiger partial charge >= 0.3 is 0 Å². The Morgan fingerprint density at radius 1 is 0.947 bits per heavy atom. The number of hydrogen-bond acceptors (Lipinski definition) is 3. The Balaban J connectivity index is 2.35. The van der Waals surface area contributed by atoms with Gasteiger partial charge in [0.05, 0.1) is 18.5 Å². The van der Waals surface area contributed by atoms with Crippen molar-refractivity contribution in [3.05, 3.63) is 54.7 Å². The third kappa shape index (κ3) is 1.89. The summed E-state index contributed by atoms with van der Waals surface area (Å²) in [5, 5.41) is 2.15. The third-order valence-corrected chi connectivity index (χ3v) is 3.20. The fourth-order valence-corrected chi connectivity index (χ4v) is 2.30. The van der Waals surface area contributed by atoms with Crippen LogP contribution in [0.4, 0.5) is 5.69 Å². The standard InChI is InChI=1S/C16H14N2O/c1-19-15-9-8-13(11-5-2-3-6-12(11)15)16-14(17)7-4-10-18-16/h2-10H,17H2,1H3. The van der Waals surface area contributed by atoms with E-state index in [0.29, 0.717) is 5.69 Å². The highest BCUT2D eigenvalue weighted by atomic mass is 16.5. The number of fused-ring (bicyclic) bond motifs is 1. The molecule has 3 heteroatoms. The van der Waals surface area contributed by atoms with Gasteiger partial charge in [-0.15, -0.1) is 0 Å². The number of nitrogens with two attached hydrogens (primary N) is 1. The van der Waals surface area contributed by atoms with Gasteiger partial charge in [-0.25, -0.2) is 0 Å². The normalized spacial score (nSPS) is 10.6. The smallest absolute Gasteiger partial charge is 0.126 e. The molecule has 0 unspecified atom stereocenters. The summed E-state index contributed by atoms with van der Waals surface area (Å²) in [7, 11) is 1.68. The van der Waals surface area contributed by atoms with Crippen LogP contribution in [0.2, 0.25) is 0 Å². The number of ether oxygens (including phenoxy) is 1. The Hall–Kier alpha value is -2.55. The predicted octanol–water partition coefficient (Wildman–Crippen LogP) is 3.49. The SMILES string of the molecule is COc1ccc(-c2ncccc2N)c2ccccc12. The molecule has 0 spiro atoms. The molecule has 0 radical (unpaired) electrons. The summed E-state index contributed by atoms with van der Waals surface area (Å²) in [6, 6.07) is 15.7. The van der Waals surface area contributed by atoms with Crippen LogP contribution >= 0.6 is 0 Å². The topological polar surface area (TPSA) is 48.1 Å². The lowest BCUT2D eigenvalue weighted by molar-refractivity contribution is 0.420. The molecule has 94 valence electrons. The van der Waals surface area contributed by atoms with Gasteiger partial charge in [-0.1, -0.05) is 24.3 Å². The first-order valence-electron chi connectivity index (χ1n) is 6.08. The number of benzene rings is 2. The Morgan fingerprint density at radius 2 is 1.74 bits per heavy atom. The highest BCUT2D eigenvalue weighted by Gasteiger charge is 2.10. The van der Waals surface area contributed by atoms with Crippen LogP contribution in [0.5, 0.6) is 5.75 Å². The summed E-state index contributed by atoms with van der Waals surface area (Å²) < 4.78 is 5.40.